The Hall–Kier alpha value is -3.19. The third-order valence-corrected chi connectivity index (χ3v) is 7.11. The molecule has 2 aliphatic heterocycles. The molecule has 0 saturated carbocycles. The number of thioether (sulfide) groups is 1. The zero-order valence-electron chi connectivity index (χ0n) is 21.0. The van der Waals surface area contributed by atoms with Gasteiger partial charge in [-0.1, -0.05) is 12.1 Å². The summed E-state index contributed by atoms with van der Waals surface area (Å²) in [5.41, 5.74) is -2.75. The largest absolute Gasteiger partial charge is 0.493 e. The molecule has 0 N–H and O–H groups in total. The van der Waals surface area contributed by atoms with Crippen LogP contribution in [-0.4, -0.2) is 48.4 Å². The van der Waals surface area contributed by atoms with Crippen LogP contribution in [-0.2, 0) is 28.5 Å². The van der Waals surface area contributed by atoms with Crippen LogP contribution in [0.2, 0.25) is 0 Å². The van der Waals surface area contributed by atoms with E-state index in [0.717, 1.165) is 6.07 Å². The van der Waals surface area contributed by atoms with E-state index < -0.39 is 41.6 Å². The second-order valence-electron chi connectivity index (χ2n) is 9.02. The van der Waals surface area contributed by atoms with Gasteiger partial charge in [-0.3, -0.25) is 4.79 Å². The van der Waals surface area contributed by atoms with Crippen molar-refractivity contribution in [2.75, 3.05) is 20.3 Å². The van der Waals surface area contributed by atoms with Gasteiger partial charge in [-0.15, -0.1) is 0 Å². The first-order valence-electron chi connectivity index (χ1n) is 11.7. The van der Waals surface area contributed by atoms with E-state index in [0.29, 0.717) is 34.9 Å². The van der Waals surface area contributed by atoms with Gasteiger partial charge in [0.15, 0.2) is 16.7 Å². The molecule has 2 atom stereocenters. The minimum absolute atomic E-state index is 0.0474. The number of rotatable bonds is 5. The zero-order valence-corrected chi connectivity index (χ0v) is 21.8. The Kier molecular flexibility index (Phi) is 8.22. The smallest absolute Gasteiger partial charge is 0.416 e. The number of hydrogen-bond donors (Lipinski definition) is 0. The Labute approximate surface area is 224 Å². The first kappa shape index (κ1) is 28.8. The van der Waals surface area contributed by atoms with Crippen molar-refractivity contribution in [2.24, 2.45) is 4.99 Å². The van der Waals surface area contributed by atoms with E-state index in [1.54, 1.807) is 12.1 Å². The first-order valence-corrected chi connectivity index (χ1v) is 12.6. The summed E-state index contributed by atoms with van der Waals surface area (Å²) in [4.78, 5) is 19.2. The van der Waals surface area contributed by atoms with E-state index in [2.05, 4.69) is 4.99 Å². The van der Waals surface area contributed by atoms with Gasteiger partial charge in [0.2, 0.25) is 0 Å². The minimum Gasteiger partial charge on any atom is -0.493 e. The molecule has 2 aliphatic rings. The molecule has 13 heteroatoms. The van der Waals surface area contributed by atoms with Crippen LogP contribution in [0.1, 0.15) is 36.1 Å². The highest BCUT2D eigenvalue weighted by Crippen LogP contribution is 2.39. The topological polar surface area (TPSA) is 60.4 Å². The van der Waals surface area contributed by atoms with E-state index in [1.807, 2.05) is 18.7 Å². The Morgan fingerprint density at radius 1 is 1.03 bits per heavy atom. The van der Waals surface area contributed by atoms with Gasteiger partial charge < -0.3 is 19.1 Å². The van der Waals surface area contributed by atoms with Gasteiger partial charge in [0.05, 0.1) is 48.4 Å². The number of amidine groups is 1. The zero-order chi connectivity index (χ0) is 28.5. The van der Waals surface area contributed by atoms with Crippen molar-refractivity contribution in [3.8, 4) is 11.5 Å². The summed E-state index contributed by atoms with van der Waals surface area (Å²) >= 11 is 1.23. The highest BCUT2D eigenvalue weighted by molar-refractivity contribution is 8.18. The maximum absolute atomic E-state index is 13.5. The van der Waals surface area contributed by atoms with Crippen LogP contribution in [0.4, 0.5) is 26.3 Å². The molecule has 2 heterocycles. The van der Waals surface area contributed by atoms with Crippen LogP contribution in [0.25, 0.3) is 6.08 Å². The third-order valence-electron chi connectivity index (χ3n) is 6.11. The molecular weight excluding hydrogens is 550 g/mol. The minimum atomic E-state index is -5.01. The predicted molar refractivity (Wildman–Crippen MR) is 133 cm³/mol. The lowest BCUT2D eigenvalue weighted by atomic mass is 10.0. The Balaban J connectivity index is 1.51. The number of morpholine rings is 1. The van der Waals surface area contributed by atoms with Crippen LogP contribution in [0.15, 0.2) is 46.3 Å². The number of amides is 1. The number of aliphatic imine (C=N–C) groups is 1. The summed E-state index contributed by atoms with van der Waals surface area (Å²) in [5.74, 6) is -0.162. The maximum Gasteiger partial charge on any atom is 0.416 e. The molecule has 0 radical (unpaired) electrons. The number of carbonyl (C=O) groups is 1. The molecule has 2 unspecified atom stereocenters. The monoisotopic (exact) mass is 574 g/mol. The van der Waals surface area contributed by atoms with Crippen molar-refractivity contribution in [1.29, 1.82) is 0 Å². The molecule has 39 heavy (non-hydrogen) atoms. The summed E-state index contributed by atoms with van der Waals surface area (Å²) < 4.78 is 95.5. The average molecular weight is 575 g/mol. The van der Waals surface area contributed by atoms with Crippen molar-refractivity contribution in [3.05, 3.63) is 63.6 Å². The highest BCUT2D eigenvalue weighted by Gasteiger charge is 2.38. The fraction of sp³-hybridized carbons (Fsp3) is 0.385. The second-order valence-corrected chi connectivity index (χ2v) is 10.0. The fourth-order valence-corrected chi connectivity index (χ4v) is 5.35. The van der Waals surface area contributed by atoms with Crippen molar-refractivity contribution in [3.63, 3.8) is 0 Å². The molecule has 1 fully saturated rings. The van der Waals surface area contributed by atoms with Crippen molar-refractivity contribution < 1.29 is 45.3 Å². The summed E-state index contributed by atoms with van der Waals surface area (Å²) in [7, 11) is 1.33. The molecule has 1 saturated heterocycles. The van der Waals surface area contributed by atoms with Gasteiger partial charge in [0, 0.05) is 5.56 Å². The standard InChI is InChI=1S/C26H24F6N2O4S/c1-14-11-37-12-15(2)34(14)24-33-23(35)22(39-24)9-16-4-7-20(21(8-16)36-3)38-13-17-5-6-18(25(27,28)29)10-19(17)26(30,31)32/h4-10,14-15H,11-13H2,1-3H3. The molecule has 1 amide bonds. The second kappa shape index (κ2) is 11.1. The average Bonchev–Trinajstić information content (AvgIpc) is 3.21. The predicted octanol–water partition coefficient (Wildman–Crippen LogP) is 6.39. The van der Waals surface area contributed by atoms with Gasteiger partial charge >= 0.3 is 12.4 Å². The SMILES string of the molecule is COc1cc(C=C2SC(N3C(C)COCC3C)=NC2=O)ccc1OCc1ccc(C(F)(F)F)cc1C(F)(F)F. The lowest BCUT2D eigenvalue weighted by Gasteiger charge is -2.39. The lowest BCUT2D eigenvalue weighted by molar-refractivity contribution is -0.143. The molecule has 0 spiro atoms. The molecule has 2 aromatic carbocycles. The fourth-order valence-electron chi connectivity index (χ4n) is 4.23. The molecule has 210 valence electrons. The van der Waals surface area contributed by atoms with Crippen molar-refractivity contribution in [1.82, 2.24) is 4.90 Å². The van der Waals surface area contributed by atoms with E-state index in [-0.39, 0.29) is 29.6 Å². The molecular formula is C26H24F6N2O4S. The van der Waals surface area contributed by atoms with Gasteiger partial charge in [0.1, 0.15) is 6.61 Å². The van der Waals surface area contributed by atoms with E-state index in [1.165, 1.54) is 31.0 Å². The summed E-state index contributed by atoms with van der Waals surface area (Å²) in [6.07, 6.45) is -8.32. The molecule has 4 rings (SSSR count). The van der Waals surface area contributed by atoms with E-state index in [9.17, 15) is 31.1 Å². The number of methoxy groups -OCH3 is 1. The highest BCUT2D eigenvalue weighted by atomic mass is 32.2. The molecule has 0 bridgehead atoms. The third kappa shape index (κ3) is 6.52. The lowest BCUT2D eigenvalue weighted by Crippen LogP contribution is -2.51. The first-order chi connectivity index (χ1) is 18.3. The normalized spacial score (nSPS) is 21.4. The van der Waals surface area contributed by atoms with Crippen LogP contribution in [0.3, 0.4) is 0 Å². The Morgan fingerprint density at radius 3 is 2.33 bits per heavy atom. The quantitative estimate of drug-likeness (QED) is 0.305. The van der Waals surface area contributed by atoms with Gasteiger partial charge in [0.25, 0.3) is 5.91 Å². The van der Waals surface area contributed by atoms with Crippen LogP contribution in [0, 0.1) is 0 Å². The van der Waals surface area contributed by atoms with Gasteiger partial charge in [-0.05, 0) is 61.5 Å². The van der Waals surface area contributed by atoms with Crippen molar-refractivity contribution >= 4 is 28.9 Å². The number of ether oxygens (including phenoxy) is 3. The number of alkyl halides is 6. The number of nitrogens with zero attached hydrogens (tertiary/aromatic N) is 2. The Bertz CT molecular complexity index is 1300. The summed E-state index contributed by atoms with van der Waals surface area (Å²) in [6.45, 7) is 4.36. The molecule has 6 nitrogen and oxygen atoms in total. The van der Waals surface area contributed by atoms with E-state index in [4.69, 9.17) is 14.2 Å². The van der Waals surface area contributed by atoms with Crippen LogP contribution >= 0.6 is 11.8 Å². The number of halogens is 6. The molecule has 0 aliphatic carbocycles. The number of carbonyl (C=O) groups excluding carboxylic acids is 1. The summed E-state index contributed by atoms with van der Waals surface area (Å²) in [6, 6.07) is 6.03. The number of benzene rings is 2. The molecule has 2 aromatic rings. The summed E-state index contributed by atoms with van der Waals surface area (Å²) in [5, 5.41) is 0.582. The Morgan fingerprint density at radius 2 is 1.72 bits per heavy atom. The van der Waals surface area contributed by atoms with Crippen LogP contribution in [0.5, 0.6) is 11.5 Å². The van der Waals surface area contributed by atoms with Gasteiger partial charge in [-0.2, -0.15) is 31.3 Å². The van der Waals surface area contributed by atoms with E-state index >= 15 is 0 Å². The van der Waals surface area contributed by atoms with Crippen LogP contribution < -0.4 is 9.47 Å². The molecule has 0 aromatic heterocycles. The van der Waals surface area contributed by atoms with Gasteiger partial charge in [-0.25, -0.2) is 0 Å². The van der Waals surface area contributed by atoms with Crippen molar-refractivity contribution in [2.45, 2.75) is 44.9 Å². The number of hydrogen-bond acceptors (Lipinski definition) is 6. The maximum atomic E-state index is 13.5.